The van der Waals surface area contributed by atoms with Crippen molar-refractivity contribution in [1.82, 2.24) is 0 Å². The van der Waals surface area contributed by atoms with E-state index in [2.05, 4.69) is 6.92 Å². The van der Waals surface area contributed by atoms with Crippen molar-refractivity contribution >= 4 is 5.97 Å². The minimum atomic E-state index is -0.866. The van der Waals surface area contributed by atoms with Gasteiger partial charge >= 0.3 is 5.97 Å². The molecule has 1 N–H and O–H groups in total. The molecule has 1 aromatic carbocycles. The van der Waals surface area contributed by atoms with E-state index in [4.69, 9.17) is 5.11 Å². The molecule has 1 rings (SSSR count). The van der Waals surface area contributed by atoms with Crippen LogP contribution in [-0.4, -0.2) is 11.1 Å². The van der Waals surface area contributed by atoms with Crippen molar-refractivity contribution in [2.75, 3.05) is 0 Å². The van der Waals surface area contributed by atoms with E-state index in [1.165, 1.54) is 5.56 Å². The van der Waals surface area contributed by atoms with Crippen LogP contribution in [0.25, 0.3) is 0 Å². The second kappa shape index (κ2) is 5.43. The van der Waals surface area contributed by atoms with E-state index in [1.54, 1.807) is 12.1 Å². The summed E-state index contributed by atoms with van der Waals surface area (Å²) < 4.78 is 0. The Labute approximate surface area is 84.6 Å². The SMILES string of the molecule is [CH2]CCCCc1ccc(C(=O)O)cc1. The van der Waals surface area contributed by atoms with Gasteiger partial charge in [0.15, 0.2) is 0 Å². The van der Waals surface area contributed by atoms with Crippen LogP contribution >= 0.6 is 0 Å². The first-order chi connectivity index (χ1) is 6.74. The Hall–Kier alpha value is -1.31. The molecule has 0 bridgehead atoms. The van der Waals surface area contributed by atoms with Gasteiger partial charge in [-0.15, -0.1) is 0 Å². The Morgan fingerprint density at radius 2 is 1.86 bits per heavy atom. The lowest BCUT2D eigenvalue weighted by Crippen LogP contribution is -1.96. The lowest BCUT2D eigenvalue weighted by molar-refractivity contribution is 0.0697. The predicted octanol–water partition coefficient (Wildman–Crippen LogP) is 2.93. The molecule has 2 nitrogen and oxygen atoms in total. The summed E-state index contributed by atoms with van der Waals surface area (Å²) in [4.78, 5) is 10.6. The number of unbranched alkanes of at least 4 members (excludes halogenated alkanes) is 2. The van der Waals surface area contributed by atoms with E-state index in [9.17, 15) is 4.79 Å². The molecule has 0 saturated heterocycles. The van der Waals surface area contributed by atoms with Crippen LogP contribution in [0.3, 0.4) is 0 Å². The maximum absolute atomic E-state index is 10.6. The number of carbonyl (C=O) groups is 1. The topological polar surface area (TPSA) is 37.3 Å². The quantitative estimate of drug-likeness (QED) is 0.726. The molecule has 0 aromatic heterocycles. The summed E-state index contributed by atoms with van der Waals surface area (Å²) in [7, 11) is 0. The number of aryl methyl sites for hydroxylation is 1. The standard InChI is InChI=1S/C12H15O2/c1-2-3-4-5-10-6-8-11(9-7-10)12(13)14/h6-9H,1-5H2,(H,13,14). The zero-order valence-corrected chi connectivity index (χ0v) is 8.20. The Morgan fingerprint density at radius 3 is 2.36 bits per heavy atom. The lowest BCUT2D eigenvalue weighted by atomic mass is 10.1. The van der Waals surface area contributed by atoms with E-state index >= 15 is 0 Å². The minimum Gasteiger partial charge on any atom is -0.478 e. The number of benzene rings is 1. The van der Waals surface area contributed by atoms with Crippen LogP contribution in [0.5, 0.6) is 0 Å². The van der Waals surface area contributed by atoms with Gasteiger partial charge in [0.1, 0.15) is 0 Å². The van der Waals surface area contributed by atoms with Gasteiger partial charge in [0.2, 0.25) is 0 Å². The fourth-order valence-corrected chi connectivity index (χ4v) is 1.32. The summed E-state index contributed by atoms with van der Waals surface area (Å²) >= 11 is 0. The zero-order chi connectivity index (χ0) is 10.4. The highest BCUT2D eigenvalue weighted by atomic mass is 16.4. The van der Waals surface area contributed by atoms with Crippen molar-refractivity contribution in [3.05, 3.63) is 42.3 Å². The van der Waals surface area contributed by atoms with E-state index in [-0.39, 0.29) is 0 Å². The molecular formula is C12H15O2. The third-order valence-corrected chi connectivity index (χ3v) is 2.17. The number of aromatic carboxylic acids is 1. The van der Waals surface area contributed by atoms with Crippen LogP contribution in [0.15, 0.2) is 24.3 Å². The molecule has 75 valence electrons. The molecule has 1 aromatic rings. The Kier molecular flexibility index (Phi) is 4.17. The number of rotatable bonds is 5. The molecule has 1 radical (unpaired) electrons. The number of carboxylic acid groups (broad SMARTS) is 1. The Balaban J connectivity index is 2.51. The fourth-order valence-electron chi connectivity index (χ4n) is 1.32. The van der Waals surface area contributed by atoms with Gasteiger partial charge in [-0.05, 0) is 30.5 Å². The van der Waals surface area contributed by atoms with Crippen molar-refractivity contribution < 1.29 is 9.90 Å². The van der Waals surface area contributed by atoms with Crippen molar-refractivity contribution in [3.63, 3.8) is 0 Å². The highest BCUT2D eigenvalue weighted by molar-refractivity contribution is 5.87. The van der Waals surface area contributed by atoms with Gasteiger partial charge in [-0.2, -0.15) is 0 Å². The Bertz CT molecular complexity index is 288. The molecule has 0 aliphatic heterocycles. The van der Waals surface area contributed by atoms with Crippen molar-refractivity contribution in [2.24, 2.45) is 0 Å². The van der Waals surface area contributed by atoms with Gasteiger partial charge in [0.25, 0.3) is 0 Å². The van der Waals surface area contributed by atoms with Crippen LogP contribution in [0.1, 0.15) is 35.2 Å². The maximum atomic E-state index is 10.6. The summed E-state index contributed by atoms with van der Waals surface area (Å²) in [6.07, 6.45) is 4.22. The normalized spacial score (nSPS) is 10.1. The van der Waals surface area contributed by atoms with Crippen molar-refractivity contribution in [3.8, 4) is 0 Å². The van der Waals surface area contributed by atoms with Crippen molar-refractivity contribution in [1.29, 1.82) is 0 Å². The molecule has 0 fully saturated rings. The molecule has 0 aliphatic rings. The average molecular weight is 191 g/mol. The van der Waals surface area contributed by atoms with Gasteiger partial charge < -0.3 is 5.11 Å². The predicted molar refractivity (Wildman–Crippen MR) is 56.3 cm³/mol. The second-order valence-electron chi connectivity index (χ2n) is 3.31. The summed E-state index contributed by atoms with van der Waals surface area (Å²) in [5, 5.41) is 8.68. The van der Waals surface area contributed by atoms with Gasteiger partial charge in [-0.1, -0.05) is 31.9 Å². The molecule has 0 heterocycles. The average Bonchev–Trinajstić information content (AvgIpc) is 2.19. The van der Waals surface area contributed by atoms with Crippen LogP contribution in [0, 0.1) is 6.92 Å². The summed E-state index contributed by atoms with van der Waals surface area (Å²) in [6.45, 7) is 3.78. The molecule has 14 heavy (non-hydrogen) atoms. The van der Waals surface area contributed by atoms with Crippen LogP contribution in [0.2, 0.25) is 0 Å². The monoisotopic (exact) mass is 191 g/mol. The number of carboxylic acids is 1. The first kappa shape index (κ1) is 10.8. The van der Waals surface area contributed by atoms with Crippen LogP contribution in [0.4, 0.5) is 0 Å². The zero-order valence-electron chi connectivity index (χ0n) is 8.20. The highest BCUT2D eigenvalue weighted by Gasteiger charge is 2.00. The molecular weight excluding hydrogens is 176 g/mol. The second-order valence-corrected chi connectivity index (χ2v) is 3.31. The van der Waals surface area contributed by atoms with Gasteiger partial charge in [-0.3, -0.25) is 0 Å². The van der Waals surface area contributed by atoms with E-state index in [0.717, 1.165) is 25.7 Å². The largest absolute Gasteiger partial charge is 0.478 e. The summed E-state index contributed by atoms with van der Waals surface area (Å²) in [6, 6.07) is 7.07. The van der Waals surface area contributed by atoms with E-state index in [1.807, 2.05) is 12.1 Å². The van der Waals surface area contributed by atoms with Crippen molar-refractivity contribution in [2.45, 2.75) is 25.7 Å². The number of hydrogen-bond donors (Lipinski definition) is 1. The van der Waals surface area contributed by atoms with Crippen LogP contribution < -0.4 is 0 Å². The van der Waals surface area contributed by atoms with E-state index < -0.39 is 5.97 Å². The maximum Gasteiger partial charge on any atom is 0.335 e. The summed E-state index contributed by atoms with van der Waals surface area (Å²) in [5.41, 5.74) is 1.55. The molecule has 0 spiro atoms. The molecule has 0 unspecified atom stereocenters. The first-order valence-corrected chi connectivity index (χ1v) is 4.85. The Morgan fingerprint density at radius 1 is 1.21 bits per heavy atom. The molecule has 0 saturated carbocycles. The molecule has 2 heteroatoms. The van der Waals surface area contributed by atoms with Gasteiger partial charge in [-0.25, -0.2) is 4.79 Å². The summed E-state index contributed by atoms with van der Waals surface area (Å²) in [5.74, 6) is -0.866. The molecule has 0 aliphatic carbocycles. The molecule has 0 amide bonds. The third kappa shape index (κ3) is 3.21. The third-order valence-electron chi connectivity index (χ3n) is 2.17. The van der Waals surface area contributed by atoms with Gasteiger partial charge in [0.05, 0.1) is 5.56 Å². The highest BCUT2D eigenvalue weighted by Crippen LogP contribution is 2.08. The minimum absolute atomic E-state index is 0.353. The first-order valence-electron chi connectivity index (χ1n) is 4.85. The fraction of sp³-hybridized carbons (Fsp3) is 0.333. The lowest BCUT2D eigenvalue weighted by Gasteiger charge is -2.00. The molecule has 0 atom stereocenters. The smallest absolute Gasteiger partial charge is 0.335 e. The van der Waals surface area contributed by atoms with E-state index in [0.29, 0.717) is 5.56 Å². The van der Waals surface area contributed by atoms with Gasteiger partial charge in [0, 0.05) is 0 Å². The van der Waals surface area contributed by atoms with Crippen LogP contribution in [-0.2, 0) is 6.42 Å². The number of hydrogen-bond acceptors (Lipinski definition) is 1.